The predicted molar refractivity (Wildman–Crippen MR) is 76.9 cm³/mol. The third-order valence-electron chi connectivity index (χ3n) is 4.44. The molecule has 0 bridgehead atoms. The maximum Gasteiger partial charge on any atom is 0.416 e. The molecule has 0 unspecified atom stereocenters. The van der Waals surface area contributed by atoms with E-state index in [4.69, 9.17) is 5.84 Å². The summed E-state index contributed by atoms with van der Waals surface area (Å²) >= 11 is 0. The molecule has 2 rings (SSSR count). The molecule has 0 aliphatic carbocycles. The van der Waals surface area contributed by atoms with Crippen LogP contribution in [-0.2, 0) is 6.18 Å². The Morgan fingerprint density at radius 1 is 1.33 bits per heavy atom. The molecular weight excluding hydrogens is 281 g/mol. The lowest BCUT2D eigenvalue weighted by atomic mass is 9.78. The summed E-state index contributed by atoms with van der Waals surface area (Å²) in [7, 11) is 0. The summed E-state index contributed by atoms with van der Waals surface area (Å²) in [5, 5.41) is 0. The van der Waals surface area contributed by atoms with E-state index in [2.05, 4.69) is 24.3 Å². The van der Waals surface area contributed by atoms with Gasteiger partial charge in [0.1, 0.15) is 11.6 Å². The number of nitrogens with one attached hydrogen (secondary N) is 1. The summed E-state index contributed by atoms with van der Waals surface area (Å²) in [5.74, 6) is 5.59. The number of aromatic nitrogens is 1. The molecule has 1 aliphatic heterocycles. The number of nitrogens with zero attached hydrogens (tertiary/aromatic N) is 2. The molecule has 1 aliphatic rings. The maximum atomic E-state index is 12.9. The van der Waals surface area contributed by atoms with Crippen molar-refractivity contribution in [3.8, 4) is 0 Å². The molecule has 4 nitrogen and oxygen atoms in total. The van der Waals surface area contributed by atoms with Gasteiger partial charge in [-0.05, 0) is 30.4 Å². The number of anilines is 2. The van der Waals surface area contributed by atoms with Crippen LogP contribution in [0.5, 0.6) is 0 Å². The van der Waals surface area contributed by atoms with E-state index in [1.165, 1.54) is 0 Å². The van der Waals surface area contributed by atoms with Gasteiger partial charge in [-0.2, -0.15) is 13.2 Å². The fraction of sp³-hybridized carbons (Fsp3) is 0.643. The third-order valence-corrected chi connectivity index (χ3v) is 4.44. The molecule has 1 fully saturated rings. The fourth-order valence-electron chi connectivity index (χ4n) is 2.54. The Labute approximate surface area is 122 Å². The number of halogens is 3. The standard InChI is InChI=1S/C14H21F3N4/c1-3-13(2)4-6-21(7-5-13)12-9-10(14(15,16)17)8-11(19-12)20-18/h8-9H,3-7,18H2,1-2H3,(H,19,20). The molecule has 0 atom stereocenters. The Kier molecular flexibility index (Phi) is 4.32. The molecule has 7 heteroatoms. The second-order valence-electron chi connectivity index (χ2n) is 5.89. The van der Waals surface area contributed by atoms with Gasteiger partial charge in [-0.25, -0.2) is 10.8 Å². The van der Waals surface area contributed by atoms with Gasteiger partial charge < -0.3 is 10.3 Å². The van der Waals surface area contributed by atoms with E-state index < -0.39 is 11.7 Å². The van der Waals surface area contributed by atoms with Crippen molar-refractivity contribution in [3.63, 3.8) is 0 Å². The lowest BCUT2D eigenvalue weighted by Gasteiger charge is -2.39. The van der Waals surface area contributed by atoms with E-state index in [0.717, 1.165) is 31.4 Å². The molecule has 0 amide bonds. The summed E-state index contributed by atoms with van der Waals surface area (Å²) in [4.78, 5) is 6.05. The van der Waals surface area contributed by atoms with E-state index >= 15 is 0 Å². The summed E-state index contributed by atoms with van der Waals surface area (Å²) in [5.41, 5.74) is 1.75. The minimum absolute atomic E-state index is 0.0312. The number of hydrazine groups is 1. The Bertz CT molecular complexity index is 493. The van der Waals surface area contributed by atoms with Crippen LogP contribution in [0.1, 0.15) is 38.7 Å². The Morgan fingerprint density at radius 2 is 1.95 bits per heavy atom. The van der Waals surface area contributed by atoms with Gasteiger partial charge >= 0.3 is 6.18 Å². The number of pyridine rings is 1. The average Bonchev–Trinajstić information content (AvgIpc) is 2.46. The molecule has 0 saturated carbocycles. The number of alkyl halides is 3. The highest BCUT2D eigenvalue weighted by Gasteiger charge is 2.33. The van der Waals surface area contributed by atoms with Gasteiger partial charge in [0.2, 0.25) is 0 Å². The van der Waals surface area contributed by atoms with Gasteiger partial charge in [0, 0.05) is 13.1 Å². The highest BCUT2D eigenvalue weighted by atomic mass is 19.4. The second-order valence-corrected chi connectivity index (χ2v) is 5.89. The number of nitrogens with two attached hydrogens (primary N) is 1. The molecule has 1 aromatic rings. The summed E-state index contributed by atoms with van der Waals surface area (Å²) in [6.45, 7) is 5.79. The molecule has 1 aromatic heterocycles. The lowest BCUT2D eigenvalue weighted by molar-refractivity contribution is -0.137. The zero-order valence-electron chi connectivity index (χ0n) is 12.3. The van der Waals surface area contributed by atoms with Crippen molar-refractivity contribution in [2.75, 3.05) is 23.4 Å². The highest BCUT2D eigenvalue weighted by molar-refractivity contribution is 5.51. The van der Waals surface area contributed by atoms with Crippen molar-refractivity contribution in [1.29, 1.82) is 0 Å². The minimum Gasteiger partial charge on any atom is -0.356 e. The highest BCUT2D eigenvalue weighted by Crippen LogP contribution is 2.37. The molecule has 0 aromatic carbocycles. The van der Waals surface area contributed by atoms with Crippen LogP contribution in [-0.4, -0.2) is 18.1 Å². The van der Waals surface area contributed by atoms with Gasteiger partial charge in [0.15, 0.2) is 0 Å². The normalized spacial score (nSPS) is 18.7. The lowest BCUT2D eigenvalue weighted by Crippen LogP contribution is -2.39. The molecule has 118 valence electrons. The first kappa shape index (κ1) is 15.9. The first-order chi connectivity index (χ1) is 9.77. The van der Waals surface area contributed by atoms with Crippen LogP contribution in [0.25, 0.3) is 0 Å². The van der Waals surface area contributed by atoms with E-state index in [1.807, 2.05) is 4.90 Å². The van der Waals surface area contributed by atoms with E-state index in [1.54, 1.807) is 0 Å². The van der Waals surface area contributed by atoms with Crippen LogP contribution in [0.15, 0.2) is 12.1 Å². The van der Waals surface area contributed by atoms with Crippen molar-refractivity contribution in [2.24, 2.45) is 11.3 Å². The molecule has 0 spiro atoms. The predicted octanol–water partition coefficient (Wildman–Crippen LogP) is 3.40. The van der Waals surface area contributed by atoms with Gasteiger partial charge in [0.05, 0.1) is 5.56 Å². The van der Waals surface area contributed by atoms with Crippen LogP contribution < -0.4 is 16.2 Å². The van der Waals surface area contributed by atoms with Crippen LogP contribution in [0, 0.1) is 5.41 Å². The average molecular weight is 302 g/mol. The van der Waals surface area contributed by atoms with Crippen LogP contribution in [0.4, 0.5) is 24.8 Å². The third kappa shape index (κ3) is 3.58. The fourth-order valence-corrected chi connectivity index (χ4v) is 2.54. The van der Waals surface area contributed by atoms with Crippen molar-refractivity contribution in [2.45, 2.75) is 39.3 Å². The van der Waals surface area contributed by atoms with Crippen LogP contribution in [0.2, 0.25) is 0 Å². The second kappa shape index (κ2) is 5.71. The first-order valence-electron chi connectivity index (χ1n) is 7.08. The molecule has 1 saturated heterocycles. The summed E-state index contributed by atoms with van der Waals surface area (Å²) in [6, 6.07) is 2.01. The van der Waals surface area contributed by atoms with Crippen molar-refractivity contribution >= 4 is 11.6 Å². The van der Waals surface area contributed by atoms with Crippen LogP contribution >= 0.6 is 0 Å². The minimum atomic E-state index is -4.41. The smallest absolute Gasteiger partial charge is 0.356 e. The van der Waals surface area contributed by atoms with E-state index in [-0.39, 0.29) is 11.2 Å². The van der Waals surface area contributed by atoms with Crippen LogP contribution in [0.3, 0.4) is 0 Å². The molecule has 0 radical (unpaired) electrons. The first-order valence-corrected chi connectivity index (χ1v) is 7.08. The number of hydrogen-bond acceptors (Lipinski definition) is 4. The summed E-state index contributed by atoms with van der Waals surface area (Å²) in [6.07, 6.45) is -1.43. The topological polar surface area (TPSA) is 54.2 Å². The molecule has 21 heavy (non-hydrogen) atoms. The van der Waals surface area contributed by atoms with Gasteiger partial charge in [-0.1, -0.05) is 20.3 Å². The van der Waals surface area contributed by atoms with E-state index in [0.29, 0.717) is 18.9 Å². The number of rotatable bonds is 3. The zero-order chi connectivity index (χ0) is 15.7. The molecule has 2 heterocycles. The van der Waals surface area contributed by atoms with Gasteiger partial charge in [0.25, 0.3) is 0 Å². The number of hydrogen-bond donors (Lipinski definition) is 2. The maximum absolute atomic E-state index is 12.9. The zero-order valence-corrected chi connectivity index (χ0v) is 12.3. The molecular formula is C14H21F3N4. The summed E-state index contributed by atoms with van der Waals surface area (Å²) < 4.78 is 38.7. The van der Waals surface area contributed by atoms with Gasteiger partial charge in [-0.15, -0.1) is 0 Å². The van der Waals surface area contributed by atoms with Crippen molar-refractivity contribution in [3.05, 3.63) is 17.7 Å². The van der Waals surface area contributed by atoms with Crippen molar-refractivity contribution < 1.29 is 13.2 Å². The number of nitrogen functional groups attached to an aromatic ring is 1. The Balaban J connectivity index is 2.24. The van der Waals surface area contributed by atoms with Gasteiger partial charge in [-0.3, -0.25) is 0 Å². The van der Waals surface area contributed by atoms with Crippen molar-refractivity contribution in [1.82, 2.24) is 4.98 Å². The molecule has 3 N–H and O–H groups in total. The monoisotopic (exact) mass is 302 g/mol. The van der Waals surface area contributed by atoms with E-state index in [9.17, 15) is 13.2 Å². The Morgan fingerprint density at radius 3 is 2.43 bits per heavy atom. The number of piperidine rings is 1. The SMILES string of the molecule is CCC1(C)CCN(c2cc(C(F)(F)F)cc(NN)n2)CC1. The quantitative estimate of drug-likeness (QED) is 0.664. The Hall–Kier alpha value is -1.50. The largest absolute Gasteiger partial charge is 0.416 e.